The quantitative estimate of drug-likeness (QED) is 0.408. The van der Waals surface area contributed by atoms with Gasteiger partial charge in [-0.3, -0.25) is 24.5 Å². The number of nitrogens with zero attached hydrogens (tertiary/aromatic N) is 2. The van der Waals surface area contributed by atoms with E-state index in [-0.39, 0.29) is 35.5 Å². The van der Waals surface area contributed by atoms with Gasteiger partial charge in [0.2, 0.25) is 5.91 Å². The second-order valence-electron chi connectivity index (χ2n) is 7.60. The number of nitro benzene ring substituents is 1. The number of anilines is 1. The van der Waals surface area contributed by atoms with Gasteiger partial charge < -0.3 is 19.7 Å². The van der Waals surface area contributed by atoms with Crippen LogP contribution in [0.3, 0.4) is 0 Å². The molecule has 0 radical (unpaired) electrons. The molecule has 30 heavy (non-hydrogen) atoms. The molecule has 0 spiro atoms. The minimum Gasteiger partial charge on any atom is -0.495 e. The van der Waals surface area contributed by atoms with Gasteiger partial charge in [0, 0.05) is 31.1 Å². The normalized spacial score (nSPS) is 20.1. The summed E-state index contributed by atoms with van der Waals surface area (Å²) < 4.78 is 10.4. The molecule has 1 aromatic carbocycles. The van der Waals surface area contributed by atoms with Crippen molar-refractivity contribution >= 4 is 29.2 Å². The number of non-ortho nitro benzene ring substituents is 1. The van der Waals surface area contributed by atoms with Crippen LogP contribution >= 0.6 is 0 Å². The highest BCUT2D eigenvalue weighted by atomic mass is 16.6. The van der Waals surface area contributed by atoms with Crippen molar-refractivity contribution in [2.45, 2.75) is 51.2 Å². The Bertz CT molecular complexity index is 851. The molecule has 0 unspecified atom stereocenters. The SMILES string of the molecule is COc1ccc([N+](=O)[O-])cc1NC(=O)[C@@H](C)OC(=O)[C@@H]1CC(=O)N(C2CCCC2)C1. The number of hydrogen-bond donors (Lipinski definition) is 1. The Balaban J connectivity index is 1.59. The van der Waals surface area contributed by atoms with E-state index in [9.17, 15) is 24.5 Å². The Morgan fingerprint density at radius 3 is 2.63 bits per heavy atom. The number of esters is 1. The van der Waals surface area contributed by atoms with Crippen molar-refractivity contribution in [2.24, 2.45) is 5.92 Å². The molecule has 1 heterocycles. The summed E-state index contributed by atoms with van der Waals surface area (Å²) >= 11 is 0. The number of hydrogen-bond acceptors (Lipinski definition) is 7. The van der Waals surface area contributed by atoms with Crippen LogP contribution in [0, 0.1) is 16.0 Å². The van der Waals surface area contributed by atoms with E-state index in [0.29, 0.717) is 6.54 Å². The number of nitrogens with one attached hydrogen (secondary N) is 1. The third kappa shape index (κ3) is 4.69. The minimum absolute atomic E-state index is 0.0534. The van der Waals surface area contributed by atoms with Gasteiger partial charge in [-0.25, -0.2) is 0 Å². The molecular weight excluding hydrogens is 394 g/mol. The lowest BCUT2D eigenvalue weighted by atomic mass is 10.1. The fraction of sp³-hybridized carbons (Fsp3) is 0.550. The molecule has 2 fully saturated rings. The van der Waals surface area contributed by atoms with E-state index in [4.69, 9.17) is 9.47 Å². The van der Waals surface area contributed by atoms with E-state index < -0.39 is 28.8 Å². The molecule has 1 saturated carbocycles. The maximum Gasteiger partial charge on any atom is 0.312 e. The maximum atomic E-state index is 12.5. The summed E-state index contributed by atoms with van der Waals surface area (Å²) in [6.45, 7) is 1.72. The smallest absolute Gasteiger partial charge is 0.312 e. The summed E-state index contributed by atoms with van der Waals surface area (Å²) in [7, 11) is 1.37. The highest BCUT2D eigenvalue weighted by Crippen LogP contribution is 2.31. The fourth-order valence-corrected chi connectivity index (χ4v) is 3.92. The van der Waals surface area contributed by atoms with Crippen molar-refractivity contribution in [3.8, 4) is 5.75 Å². The minimum atomic E-state index is -1.14. The van der Waals surface area contributed by atoms with Crippen molar-refractivity contribution in [3.05, 3.63) is 28.3 Å². The summed E-state index contributed by atoms with van der Waals surface area (Å²) in [5.41, 5.74) is -0.115. The van der Waals surface area contributed by atoms with Crippen molar-refractivity contribution in [1.82, 2.24) is 4.90 Å². The van der Waals surface area contributed by atoms with E-state index in [2.05, 4.69) is 5.32 Å². The molecule has 1 N–H and O–H groups in total. The largest absolute Gasteiger partial charge is 0.495 e. The zero-order valence-electron chi connectivity index (χ0n) is 17.0. The van der Waals surface area contributed by atoms with Gasteiger partial charge >= 0.3 is 5.97 Å². The van der Waals surface area contributed by atoms with Gasteiger partial charge in [-0.05, 0) is 25.8 Å². The number of carbonyl (C=O) groups excluding carboxylic acids is 3. The third-order valence-corrected chi connectivity index (χ3v) is 5.57. The van der Waals surface area contributed by atoms with Crippen LogP contribution in [-0.2, 0) is 19.1 Å². The average Bonchev–Trinajstić information content (AvgIpc) is 3.37. The van der Waals surface area contributed by atoms with E-state index in [1.54, 1.807) is 4.90 Å². The van der Waals surface area contributed by atoms with Crippen LogP contribution in [0.5, 0.6) is 5.75 Å². The predicted molar refractivity (Wildman–Crippen MR) is 106 cm³/mol. The van der Waals surface area contributed by atoms with Crippen LogP contribution < -0.4 is 10.1 Å². The Labute approximate surface area is 173 Å². The molecule has 1 aromatic rings. The number of amides is 2. The second kappa shape index (κ2) is 9.10. The summed E-state index contributed by atoms with van der Waals surface area (Å²) in [6.07, 6.45) is 3.03. The highest BCUT2D eigenvalue weighted by molar-refractivity contribution is 5.97. The van der Waals surface area contributed by atoms with Crippen LogP contribution in [0.1, 0.15) is 39.0 Å². The first-order valence-electron chi connectivity index (χ1n) is 9.93. The van der Waals surface area contributed by atoms with Crippen LogP contribution in [0.25, 0.3) is 0 Å². The van der Waals surface area contributed by atoms with Crippen LogP contribution in [-0.4, -0.2) is 53.4 Å². The van der Waals surface area contributed by atoms with Crippen LogP contribution in [0.2, 0.25) is 0 Å². The standard InChI is InChI=1S/C20H25N3O7/c1-12(19(25)21-16-10-15(23(27)28)7-8-17(16)29-2)30-20(26)13-9-18(24)22(11-13)14-5-3-4-6-14/h7-8,10,12-14H,3-6,9,11H2,1-2H3,(H,21,25)/t12-,13-/m1/s1. The van der Waals surface area contributed by atoms with Gasteiger partial charge in [-0.15, -0.1) is 0 Å². The van der Waals surface area contributed by atoms with Crippen molar-refractivity contribution in [3.63, 3.8) is 0 Å². The fourth-order valence-electron chi connectivity index (χ4n) is 3.92. The second-order valence-corrected chi connectivity index (χ2v) is 7.60. The van der Waals surface area contributed by atoms with Gasteiger partial charge in [-0.1, -0.05) is 12.8 Å². The lowest BCUT2D eigenvalue weighted by Gasteiger charge is -2.24. The zero-order valence-corrected chi connectivity index (χ0v) is 17.0. The first-order chi connectivity index (χ1) is 14.3. The summed E-state index contributed by atoms with van der Waals surface area (Å²) in [5.74, 6) is -1.67. The van der Waals surface area contributed by atoms with Gasteiger partial charge in [0.25, 0.3) is 11.6 Å². The van der Waals surface area contributed by atoms with E-state index in [1.807, 2.05) is 0 Å². The third-order valence-electron chi connectivity index (χ3n) is 5.57. The number of carbonyl (C=O) groups is 3. The Morgan fingerprint density at radius 1 is 1.30 bits per heavy atom. The van der Waals surface area contributed by atoms with Gasteiger partial charge in [0.1, 0.15) is 5.75 Å². The zero-order chi connectivity index (χ0) is 21.8. The Hall–Kier alpha value is -3.17. The first-order valence-corrected chi connectivity index (χ1v) is 9.93. The molecule has 2 atom stereocenters. The molecule has 0 aromatic heterocycles. The molecule has 162 valence electrons. The van der Waals surface area contributed by atoms with Crippen molar-refractivity contribution < 1.29 is 28.8 Å². The monoisotopic (exact) mass is 419 g/mol. The molecule has 1 aliphatic heterocycles. The number of benzene rings is 1. The molecular formula is C20H25N3O7. The molecule has 2 amide bonds. The Morgan fingerprint density at radius 2 is 2.00 bits per heavy atom. The first kappa shape index (κ1) is 21.5. The van der Waals surface area contributed by atoms with E-state index >= 15 is 0 Å². The lowest BCUT2D eigenvalue weighted by molar-refractivity contribution is -0.384. The van der Waals surface area contributed by atoms with E-state index in [0.717, 1.165) is 25.7 Å². The summed E-state index contributed by atoms with van der Waals surface area (Å²) in [4.78, 5) is 49.3. The lowest BCUT2D eigenvalue weighted by Crippen LogP contribution is -2.36. The topological polar surface area (TPSA) is 128 Å². The molecule has 1 saturated heterocycles. The van der Waals surface area contributed by atoms with Gasteiger partial charge in [0.15, 0.2) is 6.10 Å². The molecule has 1 aliphatic carbocycles. The number of nitro groups is 1. The Kier molecular flexibility index (Phi) is 6.53. The highest BCUT2D eigenvalue weighted by Gasteiger charge is 2.40. The average molecular weight is 419 g/mol. The summed E-state index contributed by atoms with van der Waals surface area (Å²) in [6, 6.07) is 3.98. The van der Waals surface area contributed by atoms with Gasteiger partial charge in [-0.2, -0.15) is 0 Å². The molecule has 10 nitrogen and oxygen atoms in total. The number of rotatable bonds is 7. The van der Waals surface area contributed by atoms with Gasteiger partial charge in [0.05, 0.1) is 23.6 Å². The molecule has 0 bridgehead atoms. The summed E-state index contributed by atoms with van der Waals surface area (Å²) in [5, 5.41) is 13.5. The number of likely N-dealkylation sites (tertiary alicyclic amines) is 1. The molecule has 3 rings (SSSR count). The van der Waals surface area contributed by atoms with Crippen LogP contribution in [0.15, 0.2) is 18.2 Å². The molecule has 10 heteroatoms. The predicted octanol–water partition coefficient (Wildman–Crippen LogP) is 2.26. The van der Waals surface area contributed by atoms with Crippen molar-refractivity contribution in [2.75, 3.05) is 19.0 Å². The molecule has 2 aliphatic rings. The van der Waals surface area contributed by atoms with E-state index in [1.165, 1.54) is 32.2 Å². The van der Waals surface area contributed by atoms with Crippen LogP contribution in [0.4, 0.5) is 11.4 Å². The number of ether oxygens (including phenoxy) is 2. The van der Waals surface area contributed by atoms with Crippen molar-refractivity contribution in [1.29, 1.82) is 0 Å². The number of methoxy groups -OCH3 is 1. The maximum absolute atomic E-state index is 12.5.